The van der Waals surface area contributed by atoms with Crippen LogP contribution in [0.3, 0.4) is 0 Å². The molecule has 0 aromatic rings. The van der Waals surface area contributed by atoms with Crippen molar-refractivity contribution in [2.45, 2.75) is 116 Å². The Morgan fingerprint density at radius 2 is 0.893 bits per heavy atom. The van der Waals surface area contributed by atoms with Gasteiger partial charge in [-0.1, -0.05) is 95.6 Å². The summed E-state index contributed by atoms with van der Waals surface area (Å²) in [7, 11) is 0. The third kappa shape index (κ3) is 9.66. The molecule has 0 fully saturated rings. The molecule has 0 bridgehead atoms. The second kappa shape index (κ2) is 14.3. The highest BCUT2D eigenvalue weighted by Crippen LogP contribution is 2.39. The fourth-order valence-corrected chi connectivity index (χ4v) is 3.76. The maximum absolute atomic E-state index is 2.69. The van der Waals surface area contributed by atoms with Crippen LogP contribution < -0.4 is 0 Å². The molecule has 0 spiro atoms. The molecule has 1 aliphatic rings. The topological polar surface area (TPSA) is 3.24 Å². The highest BCUT2D eigenvalue weighted by atomic mass is 15.2. The van der Waals surface area contributed by atoms with Crippen molar-refractivity contribution in [2.24, 2.45) is 29.6 Å². The summed E-state index contributed by atoms with van der Waals surface area (Å²) in [5.74, 6) is 3.34. The lowest BCUT2D eigenvalue weighted by molar-refractivity contribution is 0.268. The molecule has 1 rings (SSSR count). The zero-order valence-corrected chi connectivity index (χ0v) is 22.3. The van der Waals surface area contributed by atoms with Gasteiger partial charge in [-0.05, 0) is 61.0 Å². The monoisotopic (exact) mass is 393 g/mol. The predicted octanol–water partition coefficient (Wildman–Crippen LogP) is 8.96. The number of nitrogens with zero attached hydrogens (tertiary/aromatic N) is 1. The molecule has 0 aromatic heterocycles. The van der Waals surface area contributed by atoms with Crippen molar-refractivity contribution in [3.8, 4) is 0 Å². The van der Waals surface area contributed by atoms with Crippen LogP contribution in [0.2, 0.25) is 0 Å². The third-order valence-electron chi connectivity index (χ3n) is 5.03. The Morgan fingerprint density at radius 1 is 0.536 bits per heavy atom. The summed E-state index contributed by atoms with van der Waals surface area (Å²) >= 11 is 0. The summed E-state index contributed by atoms with van der Waals surface area (Å²) in [6.45, 7) is 35.3. The largest absolute Gasteiger partial charge is 0.368 e. The number of hydrogen-bond acceptors (Lipinski definition) is 1. The lowest BCUT2D eigenvalue weighted by atomic mass is 9.84. The van der Waals surface area contributed by atoms with Crippen molar-refractivity contribution in [1.29, 1.82) is 0 Å². The maximum atomic E-state index is 2.69. The van der Waals surface area contributed by atoms with E-state index in [0.717, 1.165) is 12.5 Å². The standard InChI is InChI=1S/C21H39N.C4H10.C2H6/c1-13(2)18-11-19(14(3)4)21(16(7)8)22(17(9)10)12-20(18)15(5)6;1-4(2)3;1-2/h13-17H,11-12H2,1-10H3;4H,1-3H3;1-2H3. The second-order valence-corrected chi connectivity index (χ2v) is 10.2. The van der Waals surface area contributed by atoms with Crippen LogP contribution in [0.25, 0.3) is 0 Å². The molecule has 28 heavy (non-hydrogen) atoms. The van der Waals surface area contributed by atoms with Crippen LogP contribution in [-0.2, 0) is 0 Å². The lowest BCUT2D eigenvalue weighted by Crippen LogP contribution is -2.35. The highest BCUT2D eigenvalue weighted by Gasteiger charge is 2.29. The summed E-state index contributed by atoms with van der Waals surface area (Å²) in [5, 5.41) is 0. The van der Waals surface area contributed by atoms with Gasteiger partial charge in [-0.2, -0.15) is 0 Å². The molecular weight excluding hydrogens is 338 g/mol. The minimum Gasteiger partial charge on any atom is -0.368 e. The van der Waals surface area contributed by atoms with Gasteiger partial charge in [-0.15, -0.1) is 0 Å². The molecule has 0 aliphatic carbocycles. The van der Waals surface area contributed by atoms with E-state index < -0.39 is 0 Å². The van der Waals surface area contributed by atoms with Crippen LogP contribution in [0.5, 0.6) is 0 Å². The van der Waals surface area contributed by atoms with Crippen LogP contribution in [0.4, 0.5) is 0 Å². The van der Waals surface area contributed by atoms with Gasteiger partial charge in [-0.3, -0.25) is 0 Å². The molecule has 0 saturated heterocycles. The highest BCUT2D eigenvalue weighted by molar-refractivity contribution is 5.33. The maximum Gasteiger partial charge on any atom is 0.0394 e. The average Bonchev–Trinajstić information content (AvgIpc) is 2.73. The Kier molecular flexibility index (Phi) is 15.0. The summed E-state index contributed by atoms with van der Waals surface area (Å²) in [6.07, 6.45) is 1.18. The Bertz CT molecular complexity index is 470. The SMILES string of the molecule is CC.CC(C)C.CC(C)C1=C(C(C)C)CN(C(C)C)C(C(C)C)=C(C(C)C)C1. The fraction of sp³-hybridized carbons (Fsp3) is 0.852. The molecule has 1 heteroatoms. The minimum atomic E-state index is 0.561. The second-order valence-electron chi connectivity index (χ2n) is 10.2. The van der Waals surface area contributed by atoms with Crippen molar-refractivity contribution in [3.05, 3.63) is 22.4 Å². The third-order valence-corrected chi connectivity index (χ3v) is 5.03. The smallest absolute Gasteiger partial charge is 0.0394 e. The van der Waals surface area contributed by atoms with Crippen molar-refractivity contribution in [2.75, 3.05) is 6.54 Å². The molecule has 0 atom stereocenters. The molecule has 0 N–H and O–H groups in total. The van der Waals surface area contributed by atoms with Gasteiger partial charge < -0.3 is 4.90 Å². The normalized spacial score (nSPS) is 15.5. The van der Waals surface area contributed by atoms with E-state index in [1.54, 1.807) is 22.4 Å². The molecule has 0 radical (unpaired) electrons. The summed E-state index contributed by atoms with van der Waals surface area (Å²) < 4.78 is 0. The Hall–Kier alpha value is -0.720. The van der Waals surface area contributed by atoms with E-state index in [9.17, 15) is 0 Å². The van der Waals surface area contributed by atoms with Crippen LogP contribution in [0.15, 0.2) is 22.4 Å². The summed E-state index contributed by atoms with van der Waals surface area (Å²) in [5.41, 5.74) is 6.65. The van der Waals surface area contributed by atoms with Crippen molar-refractivity contribution in [3.63, 3.8) is 0 Å². The van der Waals surface area contributed by atoms with Gasteiger partial charge in [0.2, 0.25) is 0 Å². The first-order valence-corrected chi connectivity index (χ1v) is 12.0. The number of hydrogen-bond donors (Lipinski definition) is 0. The molecule has 1 heterocycles. The Labute approximate surface area is 180 Å². The van der Waals surface area contributed by atoms with Gasteiger partial charge in [0.05, 0.1) is 0 Å². The average molecular weight is 394 g/mol. The Balaban J connectivity index is 0. The molecular formula is C27H55N. The van der Waals surface area contributed by atoms with E-state index >= 15 is 0 Å². The quantitative estimate of drug-likeness (QED) is 0.421. The van der Waals surface area contributed by atoms with E-state index in [0.29, 0.717) is 29.7 Å². The van der Waals surface area contributed by atoms with Crippen LogP contribution >= 0.6 is 0 Å². The zero-order chi connectivity index (χ0) is 22.8. The fourth-order valence-electron chi connectivity index (χ4n) is 3.76. The molecule has 0 aromatic carbocycles. The van der Waals surface area contributed by atoms with Gasteiger partial charge >= 0.3 is 0 Å². The summed E-state index contributed by atoms with van der Waals surface area (Å²) in [4.78, 5) is 2.69. The van der Waals surface area contributed by atoms with Crippen molar-refractivity contribution < 1.29 is 0 Å². The number of allylic oxidation sites excluding steroid dienone is 3. The van der Waals surface area contributed by atoms with Crippen molar-refractivity contribution >= 4 is 0 Å². The minimum absolute atomic E-state index is 0.561. The van der Waals surface area contributed by atoms with Gasteiger partial charge in [0.1, 0.15) is 0 Å². The predicted molar refractivity (Wildman–Crippen MR) is 132 cm³/mol. The molecule has 1 nitrogen and oxygen atoms in total. The molecule has 1 aliphatic heterocycles. The van der Waals surface area contributed by atoms with Gasteiger partial charge in [0, 0.05) is 18.3 Å². The Morgan fingerprint density at radius 3 is 1.14 bits per heavy atom. The van der Waals surface area contributed by atoms with Crippen LogP contribution in [0.1, 0.15) is 110 Å². The van der Waals surface area contributed by atoms with Gasteiger partial charge in [-0.25, -0.2) is 0 Å². The number of rotatable bonds is 5. The first-order chi connectivity index (χ1) is 12.8. The zero-order valence-electron chi connectivity index (χ0n) is 22.3. The van der Waals surface area contributed by atoms with E-state index in [1.807, 2.05) is 13.8 Å². The van der Waals surface area contributed by atoms with E-state index in [4.69, 9.17) is 0 Å². The molecule has 0 saturated carbocycles. The molecule has 0 amide bonds. The first-order valence-electron chi connectivity index (χ1n) is 12.0. The van der Waals surface area contributed by atoms with Crippen molar-refractivity contribution in [1.82, 2.24) is 4.90 Å². The summed E-state index contributed by atoms with van der Waals surface area (Å²) in [6, 6.07) is 0.561. The first kappa shape index (κ1) is 29.5. The lowest BCUT2D eigenvalue weighted by Gasteiger charge is -2.36. The van der Waals surface area contributed by atoms with E-state index in [-0.39, 0.29) is 0 Å². The van der Waals surface area contributed by atoms with Gasteiger partial charge in [0.15, 0.2) is 0 Å². The van der Waals surface area contributed by atoms with E-state index in [1.165, 1.54) is 6.42 Å². The molecule has 168 valence electrons. The van der Waals surface area contributed by atoms with Crippen LogP contribution in [0, 0.1) is 29.6 Å². The van der Waals surface area contributed by atoms with E-state index in [2.05, 4.69) is 94.9 Å². The van der Waals surface area contributed by atoms with Gasteiger partial charge in [0.25, 0.3) is 0 Å². The van der Waals surface area contributed by atoms with Crippen LogP contribution in [-0.4, -0.2) is 17.5 Å². The molecule has 0 unspecified atom stereocenters.